The molecule has 0 spiro atoms. The number of aromatic nitrogens is 5. The lowest BCUT2D eigenvalue weighted by atomic mass is 10.2. The van der Waals surface area contributed by atoms with E-state index in [2.05, 4.69) is 20.1 Å². The highest BCUT2D eigenvalue weighted by atomic mass is 35.5. The van der Waals surface area contributed by atoms with Crippen LogP contribution in [0.25, 0.3) is 0 Å². The molecule has 7 heteroatoms. The summed E-state index contributed by atoms with van der Waals surface area (Å²) >= 11 is 5.86. The zero-order chi connectivity index (χ0) is 15.4. The Morgan fingerprint density at radius 2 is 2.05 bits per heavy atom. The Hall–Kier alpha value is -2.47. The smallest absolute Gasteiger partial charge is 0.150 e. The van der Waals surface area contributed by atoms with Crippen molar-refractivity contribution in [1.82, 2.24) is 24.7 Å². The summed E-state index contributed by atoms with van der Waals surface area (Å²) in [5.41, 5.74) is 0.806. The van der Waals surface area contributed by atoms with E-state index in [-0.39, 0.29) is 6.10 Å². The molecule has 0 aliphatic carbocycles. The number of hydrogen-bond acceptors (Lipinski definition) is 5. The molecule has 0 fully saturated rings. The molecule has 2 heterocycles. The van der Waals surface area contributed by atoms with Crippen molar-refractivity contribution < 1.29 is 4.74 Å². The second-order valence-corrected chi connectivity index (χ2v) is 5.14. The fourth-order valence-electron chi connectivity index (χ4n) is 1.95. The Morgan fingerprint density at radius 3 is 2.77 bits per heavy atom. The maximum atomic E-state index is 5.86. The van der Waals surface area contributed by atoms with Crippen LogP contribution in [0.15, 0.2) is 49.2 Å². The van der Waals surface area contributed by atoms with Crippen molar-refractivity contribution in [3.8, 4) is 5.75 Å². The van der Waals surface area contributed by atoms with Crippen molar-refractivity contribution in [2.45, 2.75) is 19.6 Å². The first kappa shape index (κ1) is 14.5. The number of ether oxygens (including phenoxy) is 1. The Balaban J connectivity index is 1.72. The van der Waals surface area contributed by atoms with Crippen molar-refractivity contribution in [3.05, 3.63) is 65.7 Å². The molecule has 1 atom stereocenters. The maximum absolute atomic E-state index is 5.86. The second-order valence-electron chi connectivity index (χ2n) is 4.70. The van der Waals surface area contributed by atoms with Gasteiger partial charge in [0.2, 0.25) is 0 Å². The van der Waals surface area contributed by atoms with E-state index in [1.807, 2.05) is 25.1 Å². The summed E-state index contributed by atoms with van der Waals surface area (Å²) < 4.78 is 7.53. The lowest BCUT2D eigenvalue weighted by molar-refractivity contribution is 0.221. The zero-order valence-electron chi connectivity index (χ0n) is 11.9. The summed E-state index contributed by atoms with van der Waals surface area (Å²) in [6.07, 6.45) is 4.63. The van der Waals surface area contributed by atoms with Crippen molar-refractivity contribution in [1.29, 1.82) is 0 Å². The van der Waals surface area contributed by atoms with Gasteiger partial charge >= 0.3 is 0 Å². The molecule has 2 aromatic heterocycles. The van der Waals surface area contributed by atoms with Gasteiger partial charge in [0.25, 0.3) is 0 Å². The van der Waals surface area contributed by atoms with Gasteiger partial charge in [-0.3, -0.25) is 0 Å². The molecule has 22 heavy (non-hydrogen) atoms. The van der Waals surface area contributed by atoms with Crippen LogP contribution in [0.1, 0.15) is 24.5 Å². The third-order valence-corrected chi connectivity index (χ3v) is 3.29. The third-order valence-electron chi connectivity index (χ3n) is 3.04. The summed E-state index contributed by atoms with van der Waals surface area (Å²) in [6, 6.07) is 9.08. The van der Waals surface area contributed by atoms with Gasteiger partial charge in [-0.25, -0.2) is 19.6 Å². The van der Waals surface area contributed by atoms with Gasteiger partial charge in [0.05, 0.1) is 5.69 Å². The molecule has 3 rings (SSSR count). The number of hydrogen-bond donors (Lipinski definition) is 0. The Bertz CT molecular complexity index is 730. The highest BCUT2D eigenvalue weighted by Crippen LogP contribution is 2.22. The van der Waals surface area contributed by atoms with Gasteiger partial charge < -0.3 is 4.74 Å². The van der Waals surface area contributed by atoms with Crippen LogP contribution in [-0.2, 0) is 6.54 Å². The van der Waals surface area contributed by atoms with E-state index in [9.17, 15) is 0 Å². The molecule has 0 unspecified atom stereocenters. The van der Waals surface area contributed by atoms with E-state index in [1.54, 1.807) is 29.3 Å². The van der Waals surface area contributed by atoms with Gasteiger partial charge in [0.1, 0.15) is 36.9 Å². The number of halogens is 1. The lowest BCUT2D eigenvalue weighted by Crippen LogP contribution is -2.10. The first-order chi connectivity index (χ1) is 10.7. The van der Waals surface area contributed by atoms with Gasteiger partial charge in [0, 0.05) is 11.2 Å². The lowest BCUT2D eigenvalue weighted by Gasteiger charge is -2.14. The molecule has 0 aliphatic rings. The topological polar surface area (TPSA) is 65.7 Å². The fraction of sp³-hybridized carbons (Fsp3) is 0.200. The normalized spacial score (nSPS) is 12.1. The SMILES string of the molecule is C[C@H](Oc1ccc(Cl)cc1)c1ccnc(Cn2cncn2)n1. The highest BCUT2D eigenvalue weighted by Gasteiger charge is 2.10. The van der Waals surface area contributed by atoms with E-state index >= 15 is 0 Å². The van der Waals surface area contributed by atoms with E-state index in [4.69, 9.17) is 16.3 Å². The van der Waals surface area contributed by atoms with Gasteiger partial charge in [-0.05, 0) is 37.3 Å². The molecule has 0 amide bonds. The highest BCUT2D eigenvalue weighted by molar-refractivity contribution is 6.30. The maximum Gasteiger partial charge on any atom is 0.150 e. The van der Waals surface area contributed by atoms with Crippen molar-refractivity contribution in [2.75, 3.05) is 0 Å². The van der Waals surface area contributed by atoms with Gasteiger partial charge in [0.15, 0.2) is 0 Å². The Labute approximate surface area is 132 Å². The van der Waals surface area contributed by atoms with Gasteiger partial charge in [-0.15, -0.1) is 0 Å². The molecular formula is C15H14ClN5O. The van der Waals surface area contributed by atoms with Crippen LogP contribution < -0.4 is 4.74 Å². The van der Waals surface area contributed by atoms with Crippen LogP contribution in [-0.4, -0.2) is 24.7 Å². The van der Waals surface area contributed by atoms with E-state index < -0.39 is 0 Å². The molecule has 0 bridgehead atoms. The summed E-state index contributed by atoms with van der Waals surface area (Å²) in [4.78, 5) is 12.7. The van der Waals surface area contributed by atoms with Crippen LogP contribution in [0, 0.1) is 0 Å². The quantitative estimate of drug-likeness (QED) is 0.724. The number of benzene rings is 1. The average molecular weight is 316 g/mol. The molecule has 3 aromatic rings. The molecule has 0 saturated heterocycles. The van der Waals surface area contributed by atoms with E-state index in [0.29, 0.717) is 17.4 Å². The summed E-state index contributed by atoms with van der Waals surface area (Å²) in [6.45, 7) is 2.41. The first-order valence-electron chi connectivity index (χ1n) is 6.77. The average Bonchev–Trinajstić information content (AvgIpc) is 3.03. The zero-order valence-corrected chi connectivity index (χ0v) is 12.7. The predicted octanol–water partition coefficient (Wildman–Crippen LogP) is 2.91. The minimum atomic E-state index is -0.196. The molecule has 1 aromatic carbocycles. The first-order valence-corrected chi connectivity index (χ1v) is 7.15. The second kappa shape index (κ2) is 6.53. The standard InChI is InChI=1S/C15H14ClN5O/c1-11(22-13-4-2-12(16)3-5-13)14-6-7-18-15(20-14)8-21-10-17-9-19-21/h2-7,9-11H,8H2,1H3/t11-/m0/s1. The molecule has 0 radical (unpaired) electrons. The third kappa shape index (κ3) is 3.59. The Morgan fingerprint density at radius 1 is 1.23 bits per heavy atom. The monoisotopic (exact) mass is 315 g/mol. The van der Waals surface area contributed by atoms with Crippen molar-refractivity contribution in [3.63, 3.8) is 0 Å². The molecule has 0 aliphatic heterocycles. The largest absolute Gasteiger partial charge is 0.484 e. The predicted molar refractivity (Wildman–Crippen MR) is 81.7 cm³/mol. The van der Waals surface area contributed by atoms with Crippen LogP contribution in [0.4, 0.5) is 0 Å². The molecule has 0 N–H and O–H groups in total. The molecule has 112 valence electrons. The summed E-state index contributed by atoms with van der Waals surface area (Å²) in [5, 5.41) is 4.72. The minimum absolute atomic E-state index is 0.196. The molecular weight excluding hydrogens is 302 g/mol. The van der Waals surface area contributed by atoms with Gasteiger partial charge in [-0.2, -0.15) is 5.10 Å². The fourth-order valence-corrected chi connectivity index (χ4v) is 2.08. The minimum Gasteiger partial charge on any atom is -0.484 e. The van der Waals surface area contributed by atoms with Crippen LogP contribution in [0.5, 0.6) is 5.75 Å². The number of nitrogens with zero attached hydrogens (tertiary/aromatic N) is 5. The van der Waals surface area contributed by atoms with Crippen LogP contribution >= 0.6 is 11.6 Å². The van der Waals surface area contributed by atoms with E-state index in [1.165, 1.54) is 6.33 Å². The van der Waals surface area contributed by atoms with Crippen molar-refractivity contribution >= 4 is 11.6 Å². The summed E-state index contributed by atoms with van der Waals surface area (Å²) in [5.74, 6) is 1.41. The van der Waals surface area contributed by atoms with Crippen LogP contribution in [0.2, 0.25) is 5.02 Å². The van der Waals surface area contributed by atoms with E-state index in [0.717, 1.165) is 11.4 Å². The van der Waals surface area contributed by atoms with Crippen LogP contribution in [0.3, 0.4) is 0 Å². The molecule has 0 saturated carbocycles. The summed E-state index contributed by atoms with van der Waals surface area (Å²) in [7, 11) is 0. The van der Waals surface area contributed by atoms with Gasteiger partial charge in [-0.1, -0.05) is 11.6 Å². The molecule has 6 nitrogen and oxygen atoms in total. The van der Waals surface area contributed by atoms with Crippen molar-refractivity contribution in [2.24, 2.45) is 0 Å². The number of rotatable bonds is 5. The Kier molecular flexibility index (Phi) is 4.29.